The molecule has 2 aromatic rings. The molecule has 0 radical (unpaired) electrons. The first-order valence-corrected chi connectivity index (χ1v) is 9.55. The molecule has 0 fully saturated rings. The number of nitrogens with zero attached hydrogens (tertiary/aromatic N) is 4. The number of ether oxygens (including phenoxy) is 1. The van der Waals surface area contributed by atoms with Crippen LogP contribution in [-0.2, 0) is 21.2 Å². The van der Waals surface area contributed by atoms with E-state index in [1.165, 1.54) is 30.5 Å². The number of carbonyl (C=O) groups is 1. The van der Waals surface area contributed by atoms with Crippen molar-refractivity contribution in [1.82, 2.24) is 9.78 Å². The van der Waals surface area contributed by atoms with E-state index in [1.54, 1.807) is 6.92 Å². The van der Waals surface area contributed by atoms with Crippen molar-refractivity contribution in [3.05, 3.63) is 36.2 Å². The first kappa shape index (κ1) is 19.7. The summed E-state index contributed by atoms with van der Waals surface area (Å²) in [7, 11) is -3.76. The van der Waals surface area contributed by atoms with E-state index >= 15 is 0 Å². The normalized spacial score (nSPS) is 12.0. The smallest absolute Gasteiger partial charge is 0.434 e. The molecular weight excluding hydrogens is 358 g/mol. The summed E-state index contributed by atoms with van der Waals surface area (Å²) in [5, 5.41) is 17.5. The highest BCUT2D eigenvalue weighted by Crippen LogP contribution is 2.24. The molecule has 0 aliphatic rings. The van der Waals surface area contributed by atoms with Gasteiger partial charge in [-0.05, 0) is 43.5 Å². The Labute approximate surface area is 151 Å². The highest BCUT2D eigenvalue weighted by molar-refractivity contribution is 7.89. The lowest BCUT2D eigenvalue weighted by atomic mass is 10.1. The Balaban J connectivity index is 2.28. The van der Waals surface area contributed by atoms with Gasteiger partial charge >= 0.3 is 6.09 Å². The van der Waals surface area contributed by atoms with E-state index in [4.69, 9.17) is 9.88 Å². The fraction of sp³-hybridized carbons (Fsp3) is 0.375. The van der Waals surface area contributed by atoms with E-state index in [0.29, 0.717) is 29.4 Å². The van der Waals surface area contributed by atoms with Crippen LogP contribution in [0, 0.1) is 5.92 Å². The monoisotopic (exact) mass is 379 g/mol. The van der Waals surface area contributed by atoms with Gasteiger partial charge in [-0.1, -0.05) is 13.8 Å². The lowest BCUT2D eigenvalue weighted by Gasteiger charge is -2.01. The van der Waals surface area contributed by atoms with Gasteiger partial charge in [-0.3, -0.25) is 0 Å². The van der Waals surface area contributed by atoms with Crippen molar-refractivity contribution >= 4 is 27.5 Å². The molecule has 0 aliphatic heterocycles. The van der Waals surface area contributed by atoms with E-state index in [1.807, 2.05) is 13.8 Å². The molecule has 0 saturated heterocycles. The quantitative estimate of drug-likeness (QED) is 0.771. The van der Waals surface area contributed by atoms with Crippen LogP contribution in [0.2, 0.25) is 0 Å². The average molecular weight is 379 g/mol. The molecule has 9 nitrogen and oxygen atoms in total. The van der Waals surface area contributed by atoms with Crippen LogP contribution in [0.25, 0.3) is 0 Å². The van der Waals surface area contributed by atoms with Crippen molar-refractivity contribution in [2.45, 2.75) is 32.1 Å². The molecule has 0 aliphatic carbocycles. The minimum atomic E-state index is -3.76. The Morgan fingerprint density at radius 2 is 1.92 bits per heavy atom. The second-order valence-corrected chi connectivity index (χ2v) is 7.50. The van der Waals surface area contributed by atoms with E-state index in [0.717, 1.165) is 4.68 Å². The third kappa shape index (κ3) is 5.20. The van der Waals surface area contributed by atoms with E-state index in [2.05, 4.69) is 15.3 Å². The summed E-state index contributed by atoms with van der Waals surface area (Å²) < 4.78 is 28.5. The minimum Gasteiger partial charge on any atom is -0.448 e. The molecule has 0 saturated carbocycles. The van der Waals surface area contributed by atoms with Crippen LogP contribution in [0.3, 0.4) is 0 Å². The van der Waals surface area contributed by atoms with Crippen LogP contribution in [0.4, 0.5) is 16.2 Å². The van der Waals surface area contributed by atoms with Crippen LogP contribution < -0.4 is 5.14 Å². The molecule has 2 rings (SSSR count). The number of carbonyl (C=O) groups excluding carboxylic acids is 1. The van der Waals surface area contributed by atoms with Gasteiger partial charge in [0.2, 0.25) is 10.0 Å². The third-order valence-electron chi connectivity index (χ3n) is 3.26. The predicted octanol–water partition coefficient (Wildman–Crippen LogP) is 3.15. The second kappa shape index (κ2) is 8.19. The number of hydrogen-bond donors (Lipinski definition) is 1. The van der Waals surface area contributed by atoms with Crippen molar-refractivity contribution in [3.63, 3.8) is 0 Å². The summed E-state index contributed by atoms with van der Waals surface area (Å²) in [5.74, 6) is 0.309. The van der Waals surface area contributed by atoms with Crippen LogP contribution >= 0.6 is 0 Å². The van der Waals surface area contributed by atoms with Gasteiger partial charge in [0.1, 0.15) is 5.69 Å². The van der Waals surface area contributed by atoms with Gasteiger partial charge < -0.3 is 4.74 Å². The standard InChI is InChI=1S/C16H21N5O4S/c1-4-25-16(22)21-10-15(14(20-21)9-11(2)3)19-18-12-5-7-13(8-6-12)26(17,23)24/h5-8,10-11H,4,9H2,1-3H3,(H2,17,23,24). The van der Waals surface area contributed by atoms with Gasteiger partial charge in [0.25, 0.3) is 0 Å². The van der Waals surface area contributed by atoms with Crippen LogP contribution in [-0.4, -0.2) is 30.9 Å². The van der Waals surface area contributed by atoms with Crippen molar-refractivity contribution in [2.24, 2.45) is 21.3 Å². The molecule has 2 N–H and O–H groups in total. The Hall–Kier alpha value is -2.59. The maximum atomic E-state index is 11.8. The lowest BCUT2D eigenvalue weighted by molar-refractivity contribution is 0.150. The number of nitrogens with two attached hydrogens (primary N) is 1. The van der Waals surface area contributed by atoms with Crippen molar-refractivity contribution in [2.75, 3.05) is 6.61 Å². The summed E-state index contributed by atoms with van der Waals surface area (Å²) >= 11 is 0. The number of hydrogen-bond acceptors (Lipinski definition) is 7. The van der Waals surface area contributed by atoms with Gasteiger partial charge in [-0.2, -0.15) is 14.9 Å². The minimum absolute atomic E-state index is 0.00734. The fourth-order valence-electron chi connectivity index (χ4n) is 2.11. The first-order valence-electron chi connectivity index (χ1n) is 8.01. The summed E-state index contributed by atoms with van der Waals surface area (Å²) in [6, 6.07) is 5.67. The van der Waals surface area contributed by atoms with Crippen LogP contribution in [0.15, 0.2) is 45.6 Å². The summed E-state index contributed by atoms with van der Waals surface area (Å²) in [6.45, 7) is 6.00. The van der Waals surface area contributed by atoms with Gasteiger partial charge in [-0.25, -0.2) is 18.4 Å². The highest BCUT2D eigenvalue weighted by atomic mass is 32.2. The molecule has 10 heteroatoms. The zero-order valence-corrected chi connectivity index (χ0v) is 15.6. The molecule has 0 atom stereocenters. The Kier molecular flexibility index (Phi) is 6.22. The molecule has 26 heavy (non-hydrogen) atoms. The molecule has 1 aromatic heterocycles. The molecule has 1 heterocycles. The zero-order chi connectivity index (χ0) is 19.3. The van der Waals surface area contributed by atoms with Gasteiger partial charge in [0.15, 0.2) is 0 Å². The molecule has 0 spiro atoms. The number of aromatic nitrogens is 2. The van der Waals surface area contributed by atoms with E-state index < -0.39 is 16.1 Å². The van der Waals surface area contributed by atoms with E-state index in [-0.39, 0.29) is 11.5 Å². The number of primary sulfonamides is 1. The average Bonchev–Trinajstić information content (AvgIpc) is 2.95. The molecule has 0 amide bonds. The molecule has 1 aromatic carbocycles. The zero-order valence-electron chi connectivity index (χ0n) is 14.8. The predicted molar refractivity (Wildman–Crippen MR) is 95.2 cm³/mol. The Bertz CT molecular complexity index is 901. The van der Waals surface area contributed by atoms with Gasteiger partial charge in [0, 0.05) is 0 Å². The molecular formula is C16H21N5O4S. The topological polar surface area (TPSA) is 129 Å². The Morgan fingerprint density at radius 1 is 1.27 bits per heavy atom. The first-order chi connectivity index (χ1) is 12.2. The highest BCUT2D eigenvalue weighted by Gasteiger charge is 2.15. The maximum absolute atomic E-state index is 11.8. The number of rotatable bonds is 6. The van der Waals surface area contributed by atoms with Crippen molar-refractivity contribution in [3.8, 4) is 0 Å². The largest absolute Gasteiger partial charge is 0.448 e. The third-order valence-corrected chi connectivity index (χ3v) is 4.19. The molecule has 0 bridgehead atoms. The number of benzene rings is 1. The fourth-order valence-corrected chi connectivity index (χ4v) is 2.63. The van der Waals surface area contributed by atoms with Crippen LogP contribution in [0.5, 0.6) is 0 Å². The SMILES string of the molecule is CCOC(=O)n1cc(N=Nc2ccc(S(N)(=O)=O)cc2)c(CC(C)C)n1. The van der Waals surface area contributed by atoms with Gasteiger partial charge in [-0.15, -0.1) is 5.11 Å². The van der Waals surface area contributed by atoms with Crippen molar-refractivity contribution in [1.29, 1.82) is 0 Å². The summed E-state index contributed by atoms with van der Waals surface area (Å²) in [4.78, 5) is 11.8. The lowest BCUT2D eigenvalue weighted by Crippen LogP contribution is -2.14. The molecule has 0 unspecified atom stereocenters. The van der Waals surface area contributed by atoms with Crippen molar-refractivity contribution < 1.29 is 17.9 Å². The number of azo groups is 1. The number of sulfonamides is 1. The summed E-state index contributed by atoms with van der Waals surface area (Å²) in [6.07, 6.45) is 1.49. The second-order valence-electron chi connectivity index (χ2n) is 5.94. The Morgan fingerprint density at radius 3 is 2.46 bits per heavy atom. The van der Waals surface area contributed by atoms with Gasteiger partial charge in [0.05, 0.1) is 29.1 Å². The van der Waals surface area contributed by atoms with E-state index in [9.17, 15) is 13.2 Å². The molecule has 140 valence electrons. The van der Waals surface area contributed by atoms with Crippen LogP contribution in [0.1, 0.15) is 26.5 Å². The maximum Gasteiger partial charge on any atom is 0.434 e. The summed E-state index contributed by atoms with van der Waals surface area (Å²) in [5.41, 5.74) is 1.51.